The van der Waals surface area contributed by atoms with Crippen molar-refractivity contribution in [1.82, 2.24) is 20.6 Å². The molecule has 0 bridgehead atoms. The third-order valence-electron chi connectivity index (χ3n) is 4.71. The van der Waals surface area contributed by atoms with Crippen LogP contribution in [0.4, 0.5) is 8.78 Å². The molecular formula is C23H20F2N4O5. The summed E-state index contributed by atoms with van der Waals surface area (Å²) in [6, 6.07) is 12.7. The first-order valence-electron chi connectivity index (χ1n) is 10.0. The fraction of sp³-hybridized carbons (Fsp3) is 0.174. The molecule has 0 radical (unpaired) electrons. The van der Waals surface area contributed by atoms with Crippen molar-refractivity contribution in [3.63, 3.8) is 0 Å². The van der Waals surface area contributed by atoms with Crippen molar-refractivity contribution in [1.29, 1.82) is 0 Å². The first kappa shape index (κ1) is 24.2. The molecule has 176 valence electrons. The third kappa shape index (κ3) is 6.55. The lowest BCUT2D eigenvalue weighted by atomic mass is 10.1. The smallest absolute Gasteiger partial charge is 0.387 e. The summed E-state index contributed by atoms with van der Waals surface area (Å²) in [5.41, 5.74) is 1.24. The lowest BCUT2D eigenvalue weighted by Gasteiger charge is -2.14. The van der Waals surface area contributed by atoms with Crippen LogP contribution in [0.3, 0.4) is 0 Å². The zero-order valence-corrected chi connectivity index (χ0v) is 17.9. The molecule has 0 aliphatic heterocycles. The Kier molecular flexibility index (Phi) is 7.80. The summed E-state index contributed by atoms with van der Waals surface area (Å²) in [5.74, 6) is -2.23. The molecule has 2 aromatic carbocycles. The van der Waals surface area contributed by atoms with Gasteiger partial charge in [0.25, 0.3) is 11.8 Å². The number of aromatic carboxylic acids is 1. The molecule has 3 N–H and O–H groups in total. The van der Waals surface area contributed by atoms with Gasteiger partial charge in [-0.3, -0.25) is 9.59 Å². The van der Waals surface area contributed by atoms with Gasteiger partial charge < -0.3 is 20.5 Å². The molecule has 0 spiro atoms. The highest BCUT2D eigenvalue weighted by molar-refractivity contribution is 5.97. The first-order valence-corrected chi connectivity index (χ1v) is 10.0. The number of amides is 2. The number of hydrogen-bond acceptors (Lipinski definition) is 6. The quantitative estimate of drug-likeness (QED) is 0.438. The number of carbonyl (C=O) groups excluding carboxylic acids is 2. The molecule has 1 atom stereocenters. The van der Waals surface area contributed by atoms with Crippen molar-refractivity contribution in [2.24, 2.45) is 0 Å². The van der Waals surface area contributed by atoms with Crippen molar-refractivity contribution >= 4 is 17.8 Å². The van der Waals surface area contributed by atoms with E-state index in [2.05, 4.69) is 25.3 Å². The Bertz CT molecular complexity index is 1190. The molecule has 0 aliphatic carbocycles. The minimum absolute atomic E-state index is 0.0220. The number of hydrogen-bond donors (Lipinski definition) is 3. The Hall–Kier alpha value is -4.41. The summed E-state index contributed by atoms with van der Waals surface area (Å²) < 4.78 is 29.0. The fourth-order valence-electron chi connectivity index (χ4n) is 2.98. The molecule has 0 saturated heterocycles. The summed E-state index contributed by atoms with van der Waals surface area (Å²) in [6.07, 6.45) is 1.08. The van der Waals surface area contributed by atoms with Gasteiger partial charge in [-0.15, -0.1) is 0 Å². The number of rotatable bonds is 9. The molecule has 0 aliphatic rings. The topological polar surface area (TPSA) is 131 Å². The maximum atomic E-state index is 12.6. The largest absolute Gasteiger partial charge is 0.478 e. The molecule has 11 heteroatoms. The second kappa shape index (κ2) is 10.9. The van der Waals surface area contributed by atoms with E-state index in [9.17, 15) is 23.2 Å². The van der Waals surface area contributed by atoms with E-state index in [-0.39, 0.29) is 29.2 Å². The van der Waals surface area contributed by atoms with Gasteiger partial charge in [0.2, 0.25) is 0 Å². The number of carboxylic acid groups (broad SMARTS) is 1. The number of benzene rings is 2. The average molecular weight is 470 g/mol. The number of nitrogens with zero attached hydrogens (tertiary/aromatic N) is 2. The van der Waals surface area contributed by atoms with E-state index in [0.29, 0.717) is 11.1 Å². The van der Waals surface area contributed by atoms with Crippen LogP contribution in [0.25, 0.3) is 0 Å². The van der Waals surface area contributed by atoms with Crippen LogP contribution in [0, 0.1) is 0 Å². The predicted molar refractivity (Wildman–Crippen MR) is 116 cm³/mol. The van der Waals surface area contributed by atoms with E-state index in [1.165, 1.54) is 36.4 Å². The third-order valence-corrected chi connectivity index (χ3v) is 4.71. The maximum absolute atomic E-state index is 12.6. The minimum atomic E-state index is -2.96. The highest BCUT2D eigenvalue weighted by Crippen LogP contribution is 2.16. The van der Waals surface area contributed by atoms with Crippen LogP contribution >= 0.6 is 0 Å². The number of halogens is 2. The summed E-state index contributed by atoms with van der Waals surface area (Å²) in [6.45, 7) is -1.22. The van der Waals surface area contributed by atoms with Gasteiger partial charge in [-0.2, -0.15) is 8.78 Å². The number of alkyl halides is 2. The zero-order chi connectivity index (χ0) is 24.7. The zero-order valence-electron chi connectivity index (χ0n) is 17.9. The van der Waals surface area contributed by atoms with Crippen LogP contribution < -0.4 is 15.4 Å². The number of carbonyl (C=O) groups is 3. The summed E-state index contributed by atoms with van der Waals surface area (Å²) in [5, 5.41) is 14.3. The van der Waals surface area contributed by atoms with Gasteiger partial charge in [0.15, 0.2) is 0 Å². The second-order valence-electron chi connectivity index (χ2n) is 7.12. The van der Waals surface area contributed by atoms with Crippen LogP contribution in [0.15, 0.2) is 60.9 Å². The number of carboxylic acids is 1. The lowest BCUT2D eigenvalue weighted by molar-refractivity contribution is -0.0499. The molecule has 0 saturated carbocycles. The molecule has 1 aromatic heterocycles. The monoisotopic (exact) mass is 470 g/mol. The molecule has 3 aromatic rings. The van der Waals surface area contributed by atoms with Crippen LogP contribution in [0.5, 0.6) is 5.75 Å². The van der Waals surface area contributed by atoms with Crippen molar-refractivity contribution in [2.45, 2.75) is 26.1 Å². The van der Waals surface area contributed by atoms with Gasteiger partial charge in [-0.05, 0) is 42.3 Å². The summed E-state index contributed by atoms with van der Waals surface area (Å²) in [7, 11) is 0. The molecule has 0 fully saturated rings. The molecule has 3 rings (SSSR count). The second-order valence-corrected chi connectivity index (χ2v) is 7.12. The van der Waals surface area contributed by atoms with Gasteiger partial charge >= 0.3 is 12.6 Å². The Balaban J connectivity index is 1.61. The van der Waals surface area contributed by atoms with Gasteiger partial charge in [0.1, 0.15) is 23.5 Å². The molecule has 1 heterocycles. The van der Waals surface area contributed by atoms with Crippen LogP contribution in [0.2, 0.25) is 0 Å². The normalized spacial score (nSPS) is 11.5. The van der Waals surface area contributed by atoms with E-state index < -0.39 is 30.4 Å². The highest BCUT2D eigenvalue weighted by Gasteiger charge is 2.16. The Morgan fingerprint density at radius 1 is 1.00 bits per heavy atom. The molecule has 2 amide bonds. The first-order chi connectivity index (χ1) is 16.2. The minimum Gasteiger partial charge on any atom is -0.478 e. The Morgan fingerprint density at radius 3 is 2.32 bits per heavy atom. The maximum Gasteiger partial charge on any atom is 0.387 e. The van der Waals surface area contributed by atoms with Crippen molar-refractivity contribution in [2.75, 3.05) is 0 Å². The SMILES string of the molecule is CC(NC(=O)c1cc(C(=O)NCc2cccc(OC(F)F)c2)ncn1)c1ccc(C(=O)O)cc1. The summed E-state index contributed by atoms with van der Waals surface area (Å²) >= 11 is 0. The standard InChI is InChI=1S/C23H20F2N4O5/c1-13(15-5-7-16(8-6-15)22(32)33)29-21(31)19-10-18(27-12-28-19)20(30)26-11-14-3-2-4-17(9-14)34-23(24)25/h2-10,12-13,23H,11H2,1H3,(H,26,30)(H,29,31)(H,32,33). The van der Waals surface area contributed by atoms with Crippen LogP contribution in [-0.4, -0.2) is 39.5 Å². The van der Waals surface area contributed by atoms with Crippen molar-refractivity contribution in [3.05, 3.63) is 89.0 Å². The number of ether oxygens (including phenoxy) is 1. The van der Waals surface area contributed by atoms with Gasteiger partial charge in [-0.1, -0.05) is 24.3 Å². The van der Waals surface area contributed by atoms with Crippen LogP contribution in [0.1, 0.15) is 55.4 Å². The van der Waals surface area contributed by atoms with Crippen LogP contribution in [-0.2, 0) is 6.54 Å². The molecule has 34 heavy (non-hydrogen) atoms. The van der Waals surface area contributed by atoms with E-state index >= 15 is 0 Å². The van der Waals surface area contributed by atoms with E-state index in [4.69, 9.17) is 5.11 Å². The lowest BCUT2D eigenvalue weighted by Crippen LogP contribution is -2.29. The number of nitrogens with one attached hydrogen (secondary N) is 2. The van der Waals surface area contributed by atoms with E-state index in [1.54, 1.807) is 25.1 Å². The molecule has 9 nitrogen and oxygen atoms in total. The molecular weight excluding hydrogens is 450 g/mol. The van der Waals surface area contributed by atoms with Crippen molar-refractivity contribution in [3.8, 4) is 5.75 Å². The fourth-order valence-corrected chi connectivity index (χ4v) is 2.98. The molecule has 1 unspecified atom stereocenters. The van der Waals surface area contributed by atoms with Crippen molar-refractivity contribution < 1.29 is 33.0 Å². The van der Waals surface area contributed by atoms with E-state index in [1.807, 2.05) is 0 Å². The van der Waals surface area contributed by atoms with Gasteiger partial charge in [0, 0.05) is 12.6 Å². The summed E-state index contributed by atoms with van der Waals surface area (Å²) in [4.78, 5) is 43.8. The average Bonchev–Trinajstić information content (AvgIpc) is 2.82. The van der Waals surface area contributed by atoms with E-state index in [0.717, 1.165) is 6.33 Å². The Labute approximate surface area is 192 Å². The predicted octanol–water partition coefficient (Wildman–Crippen LogP) is 3.20. The van der Waals surface area contributed by atoms with Gasteiger partial charge in [-0.25, -0.2) is 14.8 Å². The van der Waals surface area contributed by atoms with Gasteiger partial charge in [0.05, 0.1) is 11.6 Å². The number of aromatic nitrogens is 2. The Morgan fingerprint density at radius 2 is 1.68 bits per heavy atom. The highest BCUT2D eigenvalue weighted by atomic mass is 19.3.